The van der Waals surface area contributed by atoms with Crippen LogP contribution in [-0.4, -0.2) is 12.0 Å². The van der Waals surface area contributed by atoms with Gasteiger partial charge in [0.2, 0.25) is 0 Å². The van der Waals surface area contributed by atoms with Gasteiger partial charge in [-0.15, -0.1) is 0 Å². The van der Waals surface area contributed by atoms with Gasteiger partial charge in [0.25, 0.3) is 5.69 Å². The Hall–Kier alpha value is -2.08. The molecule has 0 radical (unpaired) electrons. The van der Waals surface area contributed by atoms with Crippen LogP contribution in [0.5, 0.6) is 0 Å². The third-order valence-corrected chi connectivity index (χ3v) is 3.44. The van der Waals surface area contributed by atoms with Crippen LogP contribution in [0.4, 0.5) is 17.1 Å². The van der Waals surface area contributed by atoms with Gasteiger partial charge in [-0.3, -0.25) is 10.1 Å². The number of benzene rings is 2. The second-order valence-electron chi connectivity index (χ2n) is 4.52. The molecule has 0 saturated carbocycles. The maximum atomic E-state index is 10.9. The predicted molar refractivity (Wildman–Crippen MR) is 83.8 cm³/mol. The van der Waals surface area contributed by atoms with Crippen LogP contribution in [-0.2, 0) is 6.54 Å². The molecule has 0 saturated heterocycles. The fourth-order valence-electron chi connectivity index (χ4n) is 1.90. The zero-order valence-corrected chi connectivity index (χ0v) is 12.5. The number of nitro groups is 1. The highest BCUT2D eigenvalue weighted by Gasteiger charge is 2.11. The van der Waals surface area contributed by atoms with Crippen LogP contribution < -0.4 is 10.6 Å². The van der Waals surface area contributed by atoms with Gasteiger partial charge in [-0.2, -0.15) is 0 Å². The summed E-state index contributed by atoms with van der Waals surface area (Å²) in [5.41, 5.74) is 7.93. The van der Waals surface area contributed by atoms with E-state index < -0.39 is 4.92 Å². The number of halogens is 1. The second-order valence-corrected chi connectivity index (χ2v) is 5.44. The molecule has 0 atom stereocenters. The molecule has 5 nitrogen and oxygen atoms in total. The molecule has 2 aromatic rings. The highest BCUT2D eigenvalue weighted by atomic mass is 79.9. The summed E-state index contributed by atoms with van der Waals surface area (Å²) < 4.78 is 1.02. The largest absolute Gasteiger partial charge is 0.398 e. The van der Waals surface area contributed by atoms with Gasteiger partial charge in [0.1, 0.15) is 0 Å². The minimum atomic E-state index is -0.437. The number of nitrogen functional groups attached to an aromatic ring is 1. The maximum absolute atomic E-state index is 10.9. The van der Waals surface area contributed by atoms with Crippen LogP contribution in [0.2, 0.25) is 0 Å². The summed E-state index contributed by atoms with van der Waals surface area (Å²) in [6.07, 6.45) is 0. The SMILES string of the molecule is CN(Cc1ccc(Br)cc1)c1cc(N)cc([N+](=O)[O-])c1. The molecule has 0 aromatic heterocycles. The molecule has 2 N–H and O–H groups in total. The molecular weight excluding hydrogens is 322 g/mol. The fraction of sp³-hybridized carbons (Fsp3) is 0.143. The van der Waals surface area contributed by atoms with Gasteiger partial charge in [-0.05, 0) is 23.8 Å². The van der Waals surface area contributed by atoms with Crippen molar-refractivity contribution >= 4 is 33.0 Å². The summed E-state index contributed by atoms with van der Waals surface area (Å²) in [5.74, 6) is 0. The standard InChI is InChI=1S/C14H14BrN3O2/c1-17(9-10-2-4-11(15)5-3-10)13-6-12(16)7-14(8-13)18(19)20/h2-8H,9,16H2,1H3. The molecule has 0 fully saturated rings. The molecular formula is C14H14BrN3O2. The van der Waals surface area contributed by atoms with Crippen molar-refractivity contribution in [2.75, 3.05) is 17.7 Å². The van der Waals surface area contributed by atoms with Crippen LogP contribution in [0.1, 0.15) is 5.56 Å². The topological polar surface area (TPSA) is 72.4 Å². The van der Waals surface area contributed by atoms with Gasteiger partial charge in [0, 0.05) is 41.6 Å². The summed E-state index contributed by atoms with van der Waals surface area (Å²) in [4.78, 5) is 12.3. The summed E-state index contributed by atoms with van der Waals surface area (Å²) in [5, 5.41) is 10.9. The number of nitrogens with two attached hydrogens (primary N) is 1. The van der Waals surface area contributed by atoms with Crippen molar-refractivity contribution in [2.45, 2.75) is 6.54 Å². The van der Waals surface area contributed by atoms with Gasteiger partial charge in [0.05, 0.1) is 4.92 Å². The molecule has 0 unspecified atom stereocenters. The lowest BCUT2D eigenvalue weighted by atomic mass is 10.2. The highest BCUT2D eigenvalue weighted by molar-refractivity contribution is 9.10. The molecule has 0 aliphatic rings. The van der Waals surface area contributed by atoms with E-state index in [4.69, 9.17) is 5.73 Å². The molecule has 104 valence electrons. The van der Waals surface area contributed by atoms with E-state index in [1.165, 1.54) is 12.1 Å². The number of nitrogens with zero attached hydrogens (tertiary/aromatic N) is 2. The highest BCUT2D eigenvalue weighted by Crippen LogP contribution is 2.25. The number of hydrogen-bond donors (Lipinski definition) is 1. The van der Waals surface area contributed by atoms with Crippen molar-refractivity contribution in [1.29, 1.82) is 0 Å². The fourth-order valence-corrected chi connectivity index (χ4v) is 2.16. The minimum Gasteiger partial charge on any atom is -0.398 e. The van der Waals surface area contributed by atoms with Gasteiger partial charge in [-0.1, -0.05) is 28.1 Å². The lowest BCUT2D eigenvalue weighted by Gasteiger charge is -2.19. The average Bonchev–Trinajstić information content (AvgIpc) is 2.40. The van der Waals surface area contributed by atoms with E-state index in [1.807, 2.05) is 36.2 Å². The Balaban J connectivity index is 2.22. The second kappa shape index (κ2) is 5.92. The smallest absolute Gasteiger partial charge is 0.273 e. The van der Waals surface area contributed by atoms with Crippen LogP contribution >= 0.6 is 15.9 Å². The molecule has 0 spiro atoms. The van der Waals surface area contributed by atoms with Crippen molar-refractivity contribution in [3.05, 3.63) is 62.6 Å². The van der Waals surface area contributed by atoms with Gasteiger partial charge >= 0.3 is 0 Å². The Morgan fingerprint density at radius 3 is 2.50 bits per heavy atom. The first-order chi connectivity index (χ1) is 9.45. The molecule has 0 aliphatic carbocycles. The van der Waals surface area contributed by atoms with Gasteiger partial charge in [-0.25, -0.2) is 0 Å². The van der Waals surface area contributed by atoms with E-state index in [-0.39, 0.29) is 5.69 Å². The third kappa shape index (κ3) is 3.48. The first kappa shape index (κ1) is 14.3. The molecule has 0 aliphatic heterocycles. The van der Waals surface area contributed by atoms with Crippen LogP contribution in [0.3, 0.4) is 0 Å². The lowest BCUT2D eigenvalue weighted by Crippen LogP contribution is -2.16. The first-order valence-corrected chi connectivity index (χ1v) is 6.75. The van der Waals surface area contributed by atoms with Crippen molar-refractivity contribution in [3.8, 4) is 0 Å². The zero-order chi connectivity index (χ0) is 14.7. The summed E-state index contributed by atoms with van der Waals surface area (Å²) in [6, 6.07) is 12.5. The average molecular weight is 336 g/mol. The molecule has 2 aromatic carbocycles. The molecule has 0 amide bonds. The number of anilines is 2. The predicted octanol–water partition coefficient (Wildman–Crippen LogP) is 3.58. The Morgan fingerprint density at radius 2 is 1.90 bits per heavy atom. The zero-order valence-electron chi connectivity index (χ0n) is 10.9. The van der Waals surface area contributed by atoms with E-state index in [9.17, 15) is 10.1 Å². The molecule has 0 bridgehead atoms. The summed E-state index contributed by atoms with van der Waals surface area (Å²) >= 11 is 3.39. The normalized spacial score (nSPS) is 10.3. The van der Waals surface area contributed by atoms with E-state index in [0.29, 0.717) is 12.2 Å². The van der Waals surface area contributed by atoms with Gasteiger partial charge < -0.3 is 10.6 Å². The monoisotopic (exact) mass is 335 g/mol. The Labute approximate surface area is 125 Å². The van der Waals surface area contributed by atoms with Crippen molar-refractivity contribution in [1.82, 2.24) is 0 Å². The van der Waals surface area contributed by atoms with E-state index in [1.54, 1.807) is 6.07 Å². The third-order valence-electron chi connectivity index (χ3n) is 2.91. The first-order valence-electron chi connectivity index (χ1n) is 5.96. The lowest BCUT2D eigenvalue weighted by molar-refractivity contribution is -0.384. The van der Waals surface area contributed by atoms with E-state index >= 15 is 0 Å². The van der Waals surface area contributed by atoms with Crippen molar-refractivity contribution in [2.24, 2.45) is 0 Å². The Kier molecular flexibility index (Phi) is 4.24. The maximum Gasteiger partial charge on any atom is 0.273 e. The van der Waals surface area contributed by atoms with E-state index in [0.717, 1.165) is 15.7 Å². The number of non-ortho nitro benzene ring substituents is 1. The molecule has 0 heterocycles. The number of nitro benzene ring substituents is 1. The Morgan fingerprint density at radius 1 is 1.25 bits per heavy atom. The summed E-state index contributed by atoms with van der Waals surface area (Å²) in [6.45, 7) is 0.647. The minimum absolute atomic E-state index is 0.00246. The molecule has 20 heavy (non-hydrogen) atoms. The van der Waals surface area contributed by atoms with Crippen molar-refractivity contribution < 1.29 is 4.92 Å². The van der Waals surface area contributed by atoms with Gasteiger partial charge in [0.15, 0.2) is 0 Å². The number of hydrogen-bond acceptors (Lipinski definition) is 4. The molecule has 2 rings (SSSR count). The number of rotatable bonds is 4. The summed E-state index contributed by atoms with van der Waals surface area (Å²) in [7, 11) is 1.88. The Bertz CT molecular complexity index is 629. The van der Waals surface area contributed by atoms with Crippen LogP contribution in [0, 0.1) is 10.1 Å². The van der Waals surface area contributed by atoms with Crippen LogP contribution in [0.15, 0.2) is 46.9 Å². The quantitative estimate of drug-likeness (QED) is 0.526. The van der Waals surface area contributed by atoms with Crippen molar-refractivity contribution in [3.63, 3.8) is 0 Å². The van der Waals surface area contributed by atoms with Crippen LogP contribution in [0.25, 0.3) is 0 Å². The van der Waals surface area contributed by atoms with E-state index in [2.05, 4.69) is 15.9 Å². The molecule has 6 heteroatoms.